The third-order valence-corrected chi connectivity index (χ3v) is 2.85. The van der Waals surface area contributed by atoms with Gasteiger partial charge in [0.15, 0.2) is 0 Å². The summed E-state index contributed by atoms with van der Waals surface area (Å²) < 4.78 is 40.5. The zero-order valence-electron chi connectivity index (χ0n) is 10.8. The third-order valence-electron chi connectivity index (χ3n) is 2.39. The zero-order chi connectivity index (χ0) is 16.2. The number of hydrogen-bond acceptors (Lipinski definition) is 4. The van der Waals surface area contributed by atoms with Crippen LogP contribution in [0.1, 0.15) is 18.6 Å². The summed E-state index contributed by atoms with van der Waals surface area (Å²) >= 11 is 2.99. The number of aliphatic hydroxyl groups excluding tert-OH is 2. The molecule has 0 aliphatic heterocycles. The van der Waals surface area contributed by atoms with E-state index < -0.39 is 30.2 Å². The van der Waals surface area contributed by atoms with Gasteiger partial charge >= 0.3 is 6.36 Å². The first-order chi connectivity index (χ1) is 9.58. The Bertz CT molecular complexity index is 510. The maximum absolute atomic E-state index is 12.2. The molecule has 0 fully saturated rings. The molecule has 1 rings (SSSR count). The summed E-state index contributed by atoms with van der Waals surface area (Å²) in [7, 11) is 0. The van der Waals surface area contributed by atoms with Gasteiger partial charge in [0.2, 0.25) is 5.91 Å². The smallest absolute Gasteiger partial charge is 0.406 e. The summed E-state index contributed by atoms with van der Waals surface area (Å²) in [6.45, 7) is 0.992. The molecule has 0 aliphatic carbocycles. The molecule has 2 atom stereocenters. The average molecular weight is 372 g/mol. The van der Waals surface area contributed by atoms with E-state index in [1.807, 2.05) is 0 Å². The summed E-state index contributed by atoms with van der Waals surface area (Å²) in [5.41, 5.74) is 0.0153. The molecule has 1 aromatic carbocycles. The molecule has 0 radical (unpaired) electrons. The van der Waals surface area contributed by atoms with Gasteiger partial charge in [-0.15, -0.1) is 13.2 Å². The van der Waals surface area contributed by atoms with Crippen LogP contribution in [0.15, 0.2) is 22.7 Å². The molecule has 1 amide bonds. The number of ether oxygens (including phenoxy) is 1. The Kier molecular flexibility index (Phi) is 5.99. The van der Waals surface area contributed by atoms with Gasteiger partial charge in [-0.1, -0.05) is 15.9 Å². The van der Waals surface area contributed by atoms with Crippen LogP contribution >= 0.6 is 15.9 Å². The quantitative estimate of drug-likeness (QED) is 0.738. The van der Waals surface area contributed by atoms with Crippen molar-refractivity contribution in [2.24, 2.45) is 0 Å². The highest BCUT2D eigenvalue weighted by Gasteiger charge is 2.31. The predicted molar refractivity (Wildman–Crippen MR) is 70.5 cm³/mol. The van der Waals surface area contributed by atoms with Gasteiger partial charge in [-0.2, -0.15) is 0 Å². The molecule has 0 saturated heterocycles. The van der Waals surface area contributed by atoms with Crippen LogP contribution in [-0.2, 0) is 4.79 Å². The molecular formula is C12H13BrF3NO4. The first-order valence-electron chi connectivity index (χ1n) is 5.75. The van der Waals surface area contributed by atoms with Gasteiger partial charge < -0.3 is 20.3 Å². The molecule has 2 unspecified atom stereocenters. The summed E-state index contributed by atoms with van der Waals surface area (Å²) in [5, 5.41) is 21.9. The van der Waals surface area contributed by atoms with Crippen molar-refractivity contribution in [3.63, 3.8) is 0 Å². The highest BCUT2D eigenvalue weighted by atomic mass is 79.9. The van der Waals surface area contributed by atoms with Gasteiger partial charge in [-0.25, -0.2) is 0 Å². The fourth-order valence-corrected chi connectivity index (χ4v) is 2.02. The van der Waals surface area contributed by atoms with Crippen molar-refractivity contribution in [3.8, 4) is 5.75 Å². The molecule has 118 valence electrons. The minimum atomic E-state index is -4.86. The van der Waals surface area contributed by atoms with Crippen LogP contribution in [0.5, 0.6) is 5.75 Å². The minimum absolute atomic E-state index is 0.0153. The van der Waals surface area contributed by atoms with Crippen molar-refractivity contribution < 1.29 is 32.9 Å². The Hall–Kier alpha value is -1.32. The van der Waals surface area contributed by atoms with E-state index >= 15 is 0 Å². The van der Waals surface area contributed by atoms with E-state index in [9.17, 15) is 28.2 Å². The maximum atomic E-state index is 12.2. The lowest BCUT2D eigenvalue weighted by Gasteiger charge is -2.19. The molecule has 9 heteroatoms. The maximum Gasteiger partial charge on any atom is 0.573 e. The number of nitrogens with one attached hydrogen (secondary N) is 1. The highest BCUT2D eigenvalue weighted by molar-refractivity contribution is 9.10. The molecule has 0 spiro atoms. The standard InChI is InChI=1S/C12H13BrF3NO4/c1-6(18)17-5-10(19)11(20)7-2-8(13)4-9(3-7)21-12(14,15)16/h2-4,10-11,19-20H,5H2,1H3,(H,17,18). The SMILES string of the molecule is CC(=O)NCC(O)C(O)c1cc(Br)cc(OC(F)(F)F)c1. The van der Waals surface area contributed by atoms with Gasteiger partial charge in [0.25, 0.3) is 0 Å². The number of carbonyl (C=O) groups excluding carboxylic acids is 1. The van der Waals surface area contributed by atoms with Gasteiger partial charge in [-0.05, 0) is 23.8 Å². The van der Waals surface area contributed by atoms with Crippen LogP contribution in [-0.4, -0.2) is 35.1 Å². The second-order valence-corrected chi connectivity index (χ2v) is 5.13. The second-order valence-electron chi connectivity index (χ2n) is 4.22. The van der Waals surface area contributed by atoms with Crippen molar-refractivity contribution in [1.29, 1.82) is 0 Å². The zero-order valence-corrected chi connectivity index (χ0v) is 12.4. The van der Waals surface area contributed by atoms with Crippen LogP contribution in [0, 0.1) is 0 Å². The number of alkyl halides is 3. The Morgan fingerprint density at radius 3 is 2.52 bits per heavy atom. The van der Waals surface area contributed by atoms with E-state index in [1.165, 1.54) is 13.0 Å². The van der Waals surface area contributed by atoms with E-state index in [0.29, 0.717) is 0 Å². The van der Waals surface area contributed by atoms with Crippen LogP contribution in [0.2, 0.25) is 0 Å². The molecule has 3 N–H and O–H groups in total. The summed E-state index contributed by atoms with van der Waals surface area (Å²) in [6, 6.07) is 3.37. The minimum Gasteiger partial charge on any atom is -0.406 e. The van der Waals surface area contributed by atoms with Crippen LogP contribution in [0.4, 0.5) is 13.2 Å². The summed E-state index contributed by atoms with van der Waals surface area (Å²) in [6.07, 6.45) is -7.72. The highest BCUT2D eigenvalue weighted by Crippen LogP contribution is 2.30. The Morgan fingerprint density at radius 1 is 1.38 bits per heavy atom. The lowest BCUT2D eigenvalue weighted by Crippen LogP contribution is -2.34. The monoisotopic (exact) mass is 371 g/mol. The largest absolute Gasteiger partial charge is 0.573 e. The van der Waals surface area contributed by atoms with E-state index in [1.54, 1.807) is 0 Å². The number of carbonyl (C=O) groups is 1. The van der Waals surface area contributed by atoms with E-state index in [2.05, 4.69) is 26.0 Å². The van der Waals surface area contributed by atoms with Crippen molar-refractivity contribution in [3.05, 3.63) is 28.2 Å². The van der Waals surface area contributed by atoms with Crippen molar-refractivity contribution in [1.82, 2.24) is 5.32 Å². The molecule has 1 aromatic rings. The molecule has 0 heterocycles. The molecule has 5 nitrogen and oxygen atoms in total. The molecule has 0 aromatic heterocycles. The van der Waals surface area contributed by atoms with Gasteiger partial charge in [-0.3, -0.25) is 4.79 Å². The normalized spacial score (nSPS) is 14.4. The van der Waals surface area contributed by atoms with Crippen LogP contribution < -0.4 is 10.1 Å². The second kappa shape index (κ2) is 7.10. The fraction of sp³-hybridized carbons (Fsp3) is 0.417. The van der Waals surface area contributed by atoms with Crippen molar-refractivity contribution in [2.75, 3.05) is 6.54 Å². The first kappa shape index (κ1) is 17.7. The average Bonchev–Trinajstić information content (AvgIpc) is 2.32. The number of amides is 1. The van der Waals surface area contributed by atoms with E-state index in [-0.39, 0.29) is 16.6 Å². The molecule has 0 saturated carbocycles. The Morgan fingerprint density at radius 2 is 2.00 bits per heavy atom. The van der Waals surface area contributed by atoms with Crippen molar-refractivity contribution in [2.45, 2.75) is 25.5 Å². The summed E-state index contributed by atoms with van der Waals surface area (Å²) in [5.74, 6) is -0.936. The first-order valence-corrected chi connectivity index (χ1v) is 6.54. The topological polar surface area (TPSA) is 78.8 Å². The Labute approximate surface area is 126 Å². The lowest BCUT2D eigenvalue weighted by molar-refractivity contribution is -0.274. The molecular weight excluding hydrogens is 359 g/mol. The number of rotatable bonds is 5. The predicted octanol–water partition coefficient (Wildman–Crippen LogP) is 1.88. The van der Waals surface area contributed by atoms with Gasteiger partial charge in [0.05, 0.1) is 0 Å². The van der Waals surface area contributed by atoms with E-state index in [0.717, 1.165) is 12.1 Å². The molecule has 0 aliphatic rings. The number of aliphatic hydroxyl groups is 2. The van der Waals surface area contributed by atoms with Crippen LogP contribution in [0.3, 0.4) is 0 Å². The summed E-state index contributed by atoms with van der Waals surface area (Å²) in [4.78, 5) is 10.7. The number of benzene rings is 1. The molecule has 21 heavy (non-hydrogen) atoms. The third kappa shape index (κ3) is 6.32. The number of hydrogen-bond donors (Lipinski definition) is 3. The molecule has 0 bridgehead atoms. The van der Waals surface area contributed by atoms with Crippen molar-refractivity contribution >= 4 is 21.8 Å². The Balaban J connectivity index is 2.88. The van der Waals surface area contributed by atoms with Gasteiger partial charge in [0.1, 0.15) is 18.0 Å². The lowest BCUT2D eigenvalue weighted by atomic mass is 10.0. The van der Waals surface area contributed by atoms with E-state index in [4.69, 9.17) is 0 Å². The number of halogens is 4. The fourth-order valence-electron chi connectivity index (χ4n) is 1.53. The van der Waals surface area contributed by atoms with Gasteiger partial charge in [0, 0.05) is 17.9 Å². The van der Waals surface area contributed by atoms with Crippen LogP contribution in [0.25, 0.3) is 0 Å².